The molecule has 0 aliphatic heterocycles. The molecule has 25 heavy (non-hydrogen) atoms. The monoisotopic (exact) mass is 335 g/mol. The van der Waals surface area contributed by atoms with Crippen LogP contribution in [0.4, 0.5) is 0 Å². The molecule has 0 bridgehead atoms. The zero-order chi connectivity index (χ0) is 17.4. The summed E-state index contributed by atoms with van der Waals surface area (Å²) in [6.07, 6.45) is 3.75. The molecule has 126 valence electrons. The van der Waals surface area contributed by atoms with E-state index in [0.717, 1.165) is 16.0 Å². The van der Waals surface area contributed by atoms with E-state index in [1.807, 2.05) is 24.3 Å². The first-order valence-electron chi connectivity index (χ1n) is 8.08. The number of aromatic nitrogens is 3. The molecule has 3 aromatic rings. The molecule has 6 nitrogen and oxygen atoms in total. The minimum absolute atomic E-state index is 0.166. The Morgan fingerprint density at radius 2 is 1.68 bits per heavy atom. The molecule has 0 spiro atoms. The van der Waals surface area contributed by atoms with Crippen molar-refractivity contribution in [2.45, 2.75) is 25.2 Å². The molecule has 0 atom stereocenters. The first-order valence-corrected chi connectivity index (χ1v) is 8.08. The Morgan fingerprint density at radius 1 is 1.08 bits per heavy atom. The maximum absolute atomic E-state index is 10.8. The second-order valence-electron chi connectivity index (χ2n) is 6.57. The van der Waals surface area contributed by atoms with Crippen LogP contribution in [0.3, 0.4) is 0 Å². The molecule has 1 aliphatic rings. The van der Waals surface area contributed by atoms with Crippen LogP contribution in [0.2, 0.25) is 0 Å². The van der Waals surface area contributed by atoms with Gasteiger partial charge in [0.15, 0.2) is 11.4 Å². The SMILES string of the molecule is CC1(c2ccc(-c3ccc(On4cc(C(=O)O)nn4)cc3)cc2)CC1. The third-order valence-corrected chi connectivity index (χ3v) is 4.66. The zero-order valence-corrected chi connectivity index (χ0v) is 13.7. The Kier molecular flexibility index (Phi) is 3.53. The van der Waals surface area contributed by atoms with Crippen LogP contribution in [0.25, 0.3) is 11.1 Å². The van der Waals surface area contributed by atoms with Crippen LogP contribution >= 0.6 is 0 Å². The molecule has 0 unspecified atom stereocenters. The molecule has 1 N–H and O–H groups in total. The molecule has 6 heteroatoms. The number of rotatable bonds is 5. The van der Waals surface area contributed by atoms with Gasteiger partial charge in [0.25, 0.3) is 0 Å². The highest BCUT2D eigenvalue weighted by molar-refractivity contribution is 5.84. The van der Waals surface area contributed by atoms with Crippen LogP contribution in [0.5, 0.6) is 5.75 Å². The van der Waals surface area contributed by atoms with Crippen molar-refractivity contribution in [1.29, 1.82) is 0 Å². The second kappa shape index (κ2) is 5.73. The standard InChI is InChI=1S/C19H17N3O3/c1-19(10-11-19)15-6-2-13(3-7-15)14-4-8-16(9-5-14)25-22-12-17(18(23)24)20-21-22/h2-9,12H,10-11H2,1H3,(H,23,24). The lowest BCUT2D eigenvalue weighted by molar-refractivity contribution is 0.0690. The van der Waals surface area contributed by atoms with Crippen molar-refractivity contribution >= 4 is 5.97 Å². The molecule has 1 heterocycles. The summed E-state index contributed by atoms with van der Waals surface area (Å²) in [7, 11) is 0. The van der Waals surface area contributed by atoms with Crippen molar-refractivity contribution in [2.75, 3.05) is 0 Å². The summed E-state index contributed by atoms with van der Waals surface area (Å²) in [6.45, 7) is 2.30. The van der Waals surface area contributed by atoms with Crippen molar-refractivity contribution < 1.29 is 14.7 Å². The Labute approximate surface area is 144 Å². The van der Waals surface area contributed by atoms with E-state index < -0.39 is 5.97 Å². The molecule has 4 rings (SSSR count). The van der Waals surface area contributed by atoms with E-state index in [-0.39, 0.29) is 5.69 Å². The predicted octanol–water partition coefficient (Wildman–Crippen LogP) is 3.54. The van der Waals surface area contributed by atoms with Crippen LogP contribution < -0.4 is 4.84 Å². The van der Waals surface area contributed by atoms with Gasteiger partial charge in [-0.3, -0.25) is 0 Å². The number of benzene rings is 2. The number of carbonyl (C=O) groups is 1. The molecule has 1 aliphatic carbocycles. The van der Waals surface area contributed by atoms with E-state index in [1.165, 1.54) is 24.6 Å². The molecule has 0 saturated heterocycles. The first kappa shape index (κ1) is 15.4. The summed E-state index contributed by atoms with van der Waals surface area (Å²) >= 11 is 0. The maximum atomic E-state index is 10.8. The van der Waals surface area contributed by atoms with Gasteiger partial charge in [0.2, 0.25) is 0 Å². The number of hydrogen-bond acceptors (Lipinski definition) is 4. The van der Waals surface area contributed by atoms with Crippen molar-refractivity contribution in [3.05, 3.63) is 66.0 Å². The molecule has 0 amide bonds. The van der Waals surface area contributed by atoms with Crippen LogP contribution in [0.15, 0.2) is 54.7 Å². The van der Waals surface area contributed by atoms with Crippen molar-refractivity contribution in [2.24, 2.45) is 0 Å². The second-order valence-corrected chi connectivity index (χ2v) is 6.57. The number of hydrogen-bond donors (Lipinski definition) is 1. The average molecular weight is 335 g/mol. The third kappa shape index (κ3) is 3.10. The molecule has 0 radical (unpaired) electrons. The van der Waals surface area contributed by atoms with E-state index in [4.69, 9.17) is 9.94 Å². The van der Waals surface area contributed by atoms with Crippen molar-refractivity contribution in [3.63, 3.8) is 0 Å². The summed E-state index contributed by atoms with van der Waals surface area (Å²) in [6, 6.07) is 16.2. The molecule has 1 aromatic heterocycles. The van der Waals surface area contributed by atoms with Gasteiger partial charge in [0, 0.05) is 0 Å². The van der Waals surface area contributed by atoms with Gasteiger partial charge in [-0.25, -0.2) is 4.79 Å². The summed E-state index contributed by atoms with van der Waals surface area (Å²) in [5, 5.41) is 15.9. The van der Waals surface area contributed by atoms with Gasteiger partial charge in [-0.05, 0) is 52.3 Å². The van der Waals surface area contributed by atoms with Crippen molar-refractivity contribution in [1.82, 2.24) is 15.2 Å². The summed E-state index contributed by atoms with van der Waals surface area (Å²) in [4.78, 5) is 17.3. The highest BCUT2D eigenvalue weighted by atomic mass is 16.7. The Hall–Kier alpha value is -3.15. The lowest BCUT2D eigenvalue weighted by atomic mass is 9.95. The van der Waals surface area contributed by atoms with Crippen LogP contribution in [0.1, 0.15) is 35.8 Å². The first-order chi connectivity index (χ1) is 12.0. The van der Waals surface area contributed by atoms with Gasteiger partial charge in [0.05, 0.1) is 0 Å². The number of carboxylic acid groups (broad SMARTS) is 1. The number of nitrogens with zero attached hydrogens (tertiary/aromatic N) is 3. The smallest absolute Gasteiger partial charge is 0.358 e. The fourth-order valence-electron chi connectivity index (χ4n) is 2.75. The molecule has 1 fully saturated rings. The average Bonchev–Trinajstić information content (AvgIpc) is 3.19. The molecule has 1 saturated carbocycles. The van der Waals surface area contributed by atoms with Crippen molar-refractivity contribution in [3.8, 4) is 16.9 Å². The van der Waals surface area contributed by atoms with E-state index in [9.17, 15) is 4.79 Å². The highest BCUT2D eigenvalue weighted by Gasteiger charge is 2.38. The Bertz CT molecular complexity index is 910. The lowest BCUT2D eigenvalue weighted by Gasteiger charge is -2.10. The van der Waals surface area contributed by atoms with Crippen LogP contribution in [0, 0.1) is 0 Å². The van der Waals surface area contributed by atoms with Gasteiger partial charge in [-0.2, -0.15) is 0 Å². The normalized spacial score (nSPS) is 14.9. The van der Waals surface area contributed by atoms with E-state index >= 15 is 0 Å². The minimum Gasteiger partial charge on any atom is -0.476 e. The Balaban J connectivity index is 1.48. The van der Waals surface area contributed by atoms with Crippen LogP contribution in [-0.4, -0.2) is 26.2 Å². The van der Waals surface area contributed by atoms with E-state index in [2.05, 4.69) is 41.5 Å². The highest BCUT2D eigenvalue weighted by Crippen LogP contribution is 2.47. The number of aromatic carboxylic acids is 1. The van der Waals surface area contributed by atoms with E-state index in [0.29, 0.717) is 11.2 Å². The predicted molar refractivity (Wildman–Crippen MR) is 91.5 cm³/mol. The van der Waals surface area contributed by atoms with Gasteiger partial charge < -0.3 is 9.94 Å². The van der Waals surface area contributed by atoms with Gasteiger partial charge in [-0.15, -0.1) is 5.10 Å². The molecule has 2 aromatic carbocycles. The van der Waals surface area contributed by atoms with E-state index in [1.54, 1.807) is 0 Å². The summed E-state index contributed by atoms with van der Waals surface area (Å²) < 4.78 is 0. The fourth-order valence-corrected chi connectivity index (χ4v) is 2.75. The third-order valence-electron chi connectivity index (χ3n) is 4.66. The summed E-state index contributed by atoms with van der Waals surface area (Å²) in [5.74, 6) is -0.596. The van der Waals surface area contributed by atoms with Gasteiger partial charge >= 0.3 is 5.97 Å². The summed E-state index contributed by atoms with van der Waals surface area (Å²) in [5.41, 5.74) is 3.85. The van der Waals surface area contributed by atoms with Gasteiger partial charge in [-0.1, -0.05) is 48.2 Å². The van der Waals surface area contributed by atoms with Crippen LogP contribution in [-0.2, 0) is 5.41 Å². The lowest BCUT2D eigenvalue weighted by Crippen LogP contribution is -2.05. The largest absolute Gasteiger partial charge is 0.476 e. The zero-order valence-electron chi connectivity index (χ0n) is 13.7. The molecular formula is C19H17N3O3. The maximum Gasteiger partial charge on any atom is 0.358 e. The minimum atomic E-state index is -1.14. The topological polar surface area (TPSA) is 77.2 Å². The molecular weight excluding hydrogens is 318 g/mol. The Morgan fingerprint density at radius 3 is 2.20 bits per heavy atom. The number of carboxylic acids is 1. The quantitative estimate of drug-likeness (QED) is 0.772. The van der Waals surface area contributed by atoms with Gasteiger partial charge in [0.1, 0.15) is 6.20 Å². The fraction of sp³-hybridized carbons (Fsp3) is 0.211.